The average Bonchev–Trinajstić information content (AvgIpc) is 2.55. The maximum atomic E-state index is 12.6. The first-order chi connectivity index (χ1) is 11.8. The van der Waals surface area contributed by atoms with Gasteiger partial charge in [0, 0.05) is 16.6 Å². The Morgan fingerprint density at radius 2 is 1.72 bits per heavy atom. The van der Waals surface area contributed by atoms with Gasteiger partial charge in [0.05, 0.1) is 11.1 Å². The van der Waals surface area contributed by atoms with Crippen LogP contribution in [0.25, 0.3) is 10.9 Å². The number of nitrogens with one attached hydrogen (secondary N) is 1. The van der Waals surface area contributed by atoms with Gasteiger partial charge in [0.15, 0.2) is 5.78 Å². The van der Waals surface area contributed by atoms with Crippen LogP contribution < -0.4 is 5.32 Å². The molecular weight excluding hydrogens is 336 g/mol. The van der Waals surface area contributed by atoms with Crippen molar-refractivity contribution in [3.63, 3.8) is 0 Å². The van der Waals surface area contributed by atoms with Crippen molar-refractivity contribution in [3.8, 4) is 0 Å². The van der Waals surface area contributed by atoms with Gasteiger partial charge in [0.1, 0.15) is 5.15 Å². The summed E-state index contributed by atoms with van der Waals surface area (Å²) in [6, 6.07) is 12.5. The second-order valence-corrected chi connectivity index (χ2v) is 6.43. The molecule has 0 saturated carbocycles. The molecule has 1 N–H and O–H groups in total. The highest BCUT2D eigenvalue weighted by molar-refractivity contribution is 6.34. The number of hydrogen-bond acceptors (Lipinski definition) is 3. The Kier molecular flexibility index (Phi) is 4.55. The van der Waals surface area contributed by atoms with Crippen molar-refractivity contribution in [1.29, 1.82) is 0 Å². The quantitative estimate of drug-likeness (QED) is 0.535. The molecule has 1 aromatic heterocycles. The maximum absolute atomic E-state index is 12.6. The van der Waals surface area contributed by atoms with E-state index in [0.717, 1.165) is 22.0 Å². The van der Waals surface area contributed by atoms with Gasteiger partial charge in [0.25, 0.3) is 5.91 Å². The molecule has 126 valence electrons. The first-order valence-corrected chi connectivity index (χ1v) is 8.23. The van der Waals surface area contributed by atoms with Gasteiger partial charge in [-0.1, -0.05) is 23.2 Å². The predicted octanol–water partition coefficient (Wildman–Crippen LogP) is 4.96. The van der Waals surface area contributed by atoms with E-state index in [9.17, 15) is 9.59 Å². The number of amides is 1. The molecule has 3 aromatic rings. The lowest BCUT2D eigenvalue weighted by atomic mass is 10.1. The van der Waals surface area contributed by atoms with Crippen LogP contribution in [0.4, 0.5) is 5.69 Å². The van der Waals surface area contributed by atoms with Crippen molar-refractivity contribution in [2.75, 3.05) is 5.32 Å². The highest BCUT2D eigenvalue weighted by Crippen LogP contribution is 2.25. The fourth-order valence-corrected chi connectivity index (χ4v) is 3.00. The molecule has 3 rings (SSSR count). The van der Waals surface area contributed by atoms with Crippen molar-refractivity contribution < 1.29 is 9.59 Å². The van der Waals surface area contributed by atoms with E-state index in [4.69, 9.17) is 11.6 Å². The van der Waals surface area contributed by atoms with E-state index in [1.165, 1.54) is 6.92 Å². The van der Waals surface area contributed by atoms with Crippen LogP contribution in [0, 0.1) is 13.8 Å². The topological polar surface area (TPSA) is 59.1 Å². The summed E-state index contributed by atoms with van der Waals surface area (Å²) in [5.74, 6) is -0.362. The first kappa shape index (κ1) is 17.1. The third kappa shape index (κ3) is 3.54. The normalized spacial score (nSPS) is 10.7. The Morgan fingerprint density at radius 3 is 2.36 bits per heavy atom. The molecular formula is C20H17ClN2O2. The summed E-state index contributed by atoms with van der Waals surface area (Å²) in [6.45, 7) is 5.46. The lowest BCUT2D eigenvalue weighted by molar-refractivity contribution is 0.101. The zero-order chi connectivity index (χ0) is 18.1. The van der Waals surface area contributed by atoms with E-state index >= 15 is 0 Å². The lowest BCUT2D eigenvalue weighted by Crippen LogP contribution is -2.13. The summed E-state index contributed by atoms with van der Waals surface area (Å²) in [5, 5.41) is 3.82. The molecule has 0 fully saturated rings. The molecule has 0 bridgehead atoms. The number of aromatic nitrogens is 1. The number of carbonyl (C=O) groups is 2. The Labute approximate surface area is 150 Å². The second-order valence-electron chi connectivity index (χ2n) is 6.07. The summed E-state index contributed by atoms with van der Waals surface area (Å²) in [6.07, 6.45) is 0. The molecule has 0 unspecified atom stereocenters. The number of pyridine rings is 1. The van der Waals surface area contributed by atoms with Crippen LogP contribution >= 0.6 is 11.6 Å². The highest BCUT2D eigenvalue weighted by Gasteiger charge is 2.15. The number of Topliss-reactive ketones (excluding diaryl/α,β-unsaturated/α-hetero) is 1. The third-order valence-corrected chi connectivity index (χ3v) is 4.29. The maximum Gasteiger partial charge on any atom is 0.258 e. The number of halogens is 1. The first-order valence-electron chi connectivity index (χ1n) is 7.85. The zero-order valence-corrected chi connectivity index (χ0v) is 14.9. The summed E-state index contributed by atoms with van der Waals surface area (Å²) >= 11 is 6.23. The lowest BCUT2D eigenvalue weighted by Gasteiger charge is -2.10. The average molecular weight is 353 g/mol. The van der Waals surface area contributed by atoms with Crippen LogP contribution in [0.1, 0.15) is 38.8 Å². The molecule has 5 heteroatoms. The monoisotopic (exact) mass is 352 g/mol. The molecule has 0 atom stereocenters. The molecule has 0 saturated heterocycles. The molecule has 0 aliphatic carbocycles. The molecule has 0 radical (unpaired) electrons. The van der Waals surface area contributed by atoms with Gasteiger partial charge in [0.2, 0.25) is 0 Å². The van der Waals surface area contributed by atoms with E-state index in [1.54, 1.807) is 30.3 Å². The van der Waals surface area contributed by atoms with Crippen LogP contribution in [0.5, 0.6) is 0 Å². The minimum Gasteiger partial charge on any atom is -0.322 e. The van der Waals surface area contributed by atoms with Crippen LogP contribution in [0.3, 0.4) is 0 Å². The number of anilines is 1. The van der Waals surface area contributed by atoms with Crippen LogP contribution in [-0.2, 0) is 0 Å². The van der Waals surface area contributed by atoms with E-state index in [2.05, 4.69) is 10.3 Å². The Bertz CT molecular complexity index is 995. The largest absolute Gasteiger partial charge is 0.322 e. The third-order valence-electron chi connectivity index (χ3n) is 4.00. The number of hydrogen-bond donors (Lipinski definition) is 1. The molecule has 1 heterocycles. The molecule has 1 amide bonds. The molecule has 2 aromatic carbocycles. The van der Waals surface area contributed by atoms with E-state index in [1.807, 2.05) is 26.0 Å². The van der Waals surface area contributed by atoms with Crippen molar-refractivity contribution in [3.05, 3.63) is 69.9 Å². The number of rotatable bonds is 3. The number of fused-ring (bicyclic) bond motifs is 1. The minimum atomic E-state index is -0.339. The van der Waals surface area contributed by atoms with Crippen molar-refractivity contribution >= 4 is 39.9 Å². The zero-order valence-electron chi connectivity index (χ0n) is 14.2. The summed E-state index contributed by atoms with van der Waals surface area (Å²) in [4.78, 5) is 28.3. The molecule has 0 spiro atoms. The van der Waals surface area contributed by atoms with Crippen molar-refractivity contribution in [2.24, 2.45) is 0 Å². The Morgan fingerprint density at radius 1 is 1.04 bits per heavy atom. The van der Waals surface area contributed by atoms with E-state index < -0.39 is 0 Å². The number of benzene rings is 2. The summed E-state index contributed by atoms with van der Waals surface area (Å²) < 4.78 is 0. The Balaban J connectivity index is 1.93. The van der Waals surface area contributed by atoms with Crippen molar-refractivity contribution in [1.82, 2.24) is 4.98 Å². The molecule has 0 aliphatic rings. The van der Waals surface area contributed by atoms with E-state index in [0.29, 0.717) is 16.8 Å². The van der Waals surface area contributed by atoms with Crippen LogP contribution in [0.2, 0.25) is 5.15 Å². The highest BCUT2D eigenvalue weighted by atomic mass is 35.5. The standard InChI is InChI=1S/C20H17ClN2O2/c1-11-8-12(2)18-15(9-11)10-17(19(21)23-18)20(25)22-16-6-4-14(5-7-16)13(3)24/h4-10H,1-3H3,(H,22,25). The van der Waals surface area contributed by atoms with Gasteiger partial charge >= 0.3 is 0 Å². The predicted molar refractivity (Wildman–Crippen MR) is 101 cm³/mol. The number of carbonyl (C=O) groups excluding carboxylic acids is 2. The number of nitrogens with zero attached hydrogens (tertiary/aromatic N) is 1. The smallest absolute Gasteiger partial charge is 0.258 e. The molecule has 0 aliphatic heterocycles. The number of aryl methyl sites for hydroxylation is 2. The SMILES string of the molecule is CC(=O)c1ccc(NC(=O)c2cc3cc(C)cc(C)c3nc2Cl)cc1. The summed E-state index contributed by atoms with van der Waals surface area (Å²) in [7, 11) is 0. The second kappa shape index (κ2) is 6.65. The molecule has 4 nitrogen and oxygen atoms in total. The van der Waals surface area contributed by atoms with Gasteiger partial charge in [-0.25, -0.2) is 4.98 Å². The van der Waals surface area contributed by atoms with Gasteiger partial charge in [-0.05, 0) is 62.7 Å². The minimum absolute atomic E-state index is 0.0228. The fraction of sp³-hybridized carbons (Fsp3) is 0.150. The fourth-order valence-electron chi connectivity index (χ4n) is 2.77. The van der Waals surface area contributed by atoms with Gasteiger partial charge in [-0.15, -0.1) is 0 Å². The molecule has 25 heavy (non-hydrogen) atoms. The van der Waals surface area contributed by atoms with Crippen LogP contribution in [-0.4, -0.2) is 16.7 Å². The van der Waals surface area contributed by atoms with Gasteiger partial charge in [-0.2, -0.15) is 0 Å². The number of ketones is 1. The van der Waals surface area contributed by atoms with Crippen LogP contribution in [0.15, 0.2) is 42.5 Å². The van der Waals surface area contributed by atoms with Gasteiger partial charge < -0.3 is 5.32 Å². The van der Waals surface area contributed by atoms with E-state index in [-0.39, 0.29) is 16.8 Å². The Hall–Kier alpha value is -2.72. The van der Waals surface area contributed by atoms with Crippen molar-refractivity contribution in [2.45, 2.75) is 20.8 Å². The van der Waals surface area contributed by atoms with Gasteiger partial charge in [-0.3, -0.25) is 9.59 Å². The summed E-state index contributed by atoms with van der Waals surface area (Å²) in [5.41, 5.74) is 4.40.